The molecule has 0 heterocycles. The van der Waals surface area contributed by atoms with Gasteiger partial charge in [0.05, 0.1) is 26.4 Å². The highest BCUT2D eigenvalue weighted by atomic mass is 32.2. The van der Waals surface area contributed by atoms with E-state index >= 15 is 0 Å². The summed E-state index contributed by atoms with van der Waals surface area (Å²) in [6, 6.07) is 7.98. The van der Waals surface area contributed by atoms with Crippen molar-refractivity contribution in [2.45, 2.75) is 42.9 Å². The largest absolute Gasteiger partial charge is 0.346 e. The molecule has 0 bridgehead atoms. The third kappa shape index (κ3) is 7.52. The smallest absolute Gasteiger partial charge is 0.308 e. The van der Waals surface area contributed by atoms with Gasteiger partial charge in [-0.25, -0.2) is 0 Å². The maximum absolute atomic E-state index is 13.4. The molecule has 0 aliphatic heterocycles. The molecule has 0 radical (unpaired) electrons. The van der Waals surface area contributed by atoms with E-state index in [-0.39, 0.29) is 32.2 Å². The predicted molar refractivity (Wildman–Crippen MR) is 114 cm³/mol. The normalized spacial score (nSPS) is 12.7. The monoisotopic (exact) mass is 456 g/mol. The van der Waals surface area contributed by atoms with E-state index in [2.05, 4.69) is 0 Å². The van der Waals surface area contributed by atoms with Gasteiger partial charge in [-0.05, 0) is 58.2 Å². The maximum Gasteiger partial charge on any atom is 0.346 e. The van der Waals surface area contributed by atoms with Crippen LogP contribution in [-0.4, -0.2) is 43.8 Å². The third-order valence-corrected chi connectivity index (χ3v) is 11.8. The Hall–Kier alpha value is 0.220. The molecule has 0 aliphatic carbocycles. The summed E-state index contributed by atoms with van der Waals surface area (Å²) in [7, 11) is -7.40. The van der Waals surface area contributed by atoms with Crippen molar-refractivity contribution < 1.29 is 27.2 Å². The summed E-state index contributed by atoms with van der Waals surface area (Å²) in [5.41, 5.74) is 0. The Morgan fingerprint density at radius 3 is 1.48 bits per heavy atom. The van der Waals surface area contributed by atoms with Crippen LogP contribution in [0.3, 0.4) is 0 Å². The van der Waals surface area contributed by atoms with Crippen molar-refractivity contribution in [1.29, 1.82) is 0 Å². The minimum atomic E-state index is -3.70. The Kier molecular flexibility index (Phi) is 11.9. The van der Waals surface area contributed by atoms with Crippen LogP contribution in [0.2, 0.25) is 0 Å². The van der Waals surface area contributed by atoms with Crippen LogP contribution in [-0.2, 0) is 27.2 Å². The van der Waals surface area contributed by atoms with Gasteiger partial charge in [-0.2, -0.15) is 0 Å². The van der Waals surface area contributed by atoms with Crippen molar-refractivity contribution in [1.82, 2.24) is 0 Å². The van der Waals surface area contributed by atoms with E-state index in [1.807, 2.05) is 30.5 Å². The highest BCUT2D eigenvalue weighted by Crippen LogP contribution is 2.71. The first kappa shape index (κ1) is 25.3. The topological polar surface area (TPSA) is 71.1 Å². The maximum atomic E-state index is 13.4. The molecule has 1 aromatic rings. The minimum Gasteiger partial charge on any atom is -0.308 e. The fourth-order valence-corrected chi connectivity index (χ4v) is 9.79. The average Bonchev–Trinajstić information content (AvgIpc) is 2.63. The van der Waals surface area contributed by atoms with E-state index in [9.17, 15) is 9.13 Å². The lowest BCUT2D eigenvalue weighted by Crippen LogP contribution is -2.20. The fraction of sp³-hybridized carbons (Fsp3) is 0.647. The zero-order valence-corrected chi connectivity index (χ0v) is 20.0. The van der Waals surface area contributed by atoms with E-state index < -0.39 is 20.6 Å². The zero-order valence-electron chi connectivity index (χ0n) is 16.6. The van der Waals surface area contributed by atoms with Crippen LogP contribution >= 0.6 is 38.7 Å². The molecule has 156 valence electrons. The lowest BCUT2D eigenvalue weighted by molar-refractivity contribution is 0.197. The molecule has 27 heavy (non-hydrogen) atoms. The van der Waals surface area contributed by atoms with Gasteiger partial charge >= 0.3 is 15.2 Å². The number of benzene rings is 1. The molecule has 1 aromatic carbocycles. The minimum absolute atomic E-state index is 0.180. The Labute approximate surface area is 171 Å². The van der Waals surface area contributed by atoms with E-state index in [1.165, 1.54) is 11.8 Å². The van der Waals surface area contributed by atoms with Crippen molar-refractivity contribution in [2.24, 2.45) is 0 Å². The molecule has 0 amide bonds. The second-order valence-corrected chi connectivity index (χ2v) is 12.0. The van der Waals surface area contributed by atoms with Gasteiger partial charge in [-0.1, -0.05) is 0 Å². The molecular formula is C17H30O6P2S2. The van der Waals surface area contributed by atoms with E-state index in [1.54, 1.807) is 39.5 Å². The predicted octanol–water partition coefficient (Wildman–Crippen LogP) is 6.36. The molecule has 0 aromatic heterocycles. The standard InChI is InChI=1S/C17H30O6P2S2/c1-6-20-24(18,21-7-2)17(25(19,22-8-3)23-9-4)14-27-16-12-10-15(26-5)11-13-16/h10-13,17H,6-9,14H2,1-5H3. The van der Waals surface area contributed by atoms with Gasteiger partial charge < -0.3 is 18.1 Å². The summed E-state index contributed by atoms with van der Waals surface area (Å²) in [6.07, 6.45) is 2.01. The summed E-state index contributed by atoms with van der Waals surface area (Å²) >= 11 is 3.09. The summed E-state index contributed by atoms with van der Waals surface area (Å²) in [6.45, 7) is 7.62. The molecular weight excluding hydrogens is 426 g/mol. The molecule has 0 N–H and O–H groups in total. The van der Waals surface area contributed by atoms with Gasteiger partial charge in [0, 0.05) is 15.5 Å². The Bertz CT molecular complexity index is 591. The van der Waals surface area contributed by atoms with Crippen LogP contribution < -0.4 is 0 Å². The molecule has 0 aliphatic rings. The molecule has 6 nitrogen and oxygen atoms in total. The van der Waals surface area contributed by atoms with Crippen LogP contribution in [0.25, 0.3) is 0 Å². The average molecular weight is 457 g/mol. The second kappa shape index (κ2) is 12.7. The molecule has 0 unspecified atom stereocenters. The lowest BCUT2D eigenvalue weighted by Gasteiger charge is -2.31. The van der Waals surface area contributed by atoms with Crippen LogP contribution in [0, 0.1) is 0 Å². The highest BCUT2D eigenvalue weighted by molar-refractivity contribution is 8.00. The Morgan fingerprint density at radius 1 is 0.778 bits per heavy atom. The summed E-state index contributed by atoms with van der Waals surface area (Å²) in [5.74, 6) is 0.229. The summed E-state index contributed by atoms with van der Waals surface area (Å²) < 4.78 is 48.8. The van der Waals surface area contributed by atoms with Crippen molar-refractivity contribution in [3.63, 3.8) is 0 Å². The van der Waals surface area contributed by atoms with Gasteiger partial charge in [0.15, 0.2) is 5.40 Å². The molecule has 0 saturated carbocycles. The summed E-state index contributed by atoms with van der Waals surface area (Å²) in [5, 5.41) is -1.00. The lowest BCUT2D eigenvalue weighted by atomic mass is 10.4. The van der Waals surface area contributed by atoms with Gasteiger partial charge in [0.2, 0.25) is 0 Å². The number of rotatable bonds is 14. The van der Waals surface area contributed by atoms with Crippen LogP contribution in [0.1, 0.15) is 27.7 Å². The Morgan fingerprint density at radius 2 is 1.15 bits per heavy atom. The first-order chi connectivity index (χ1) is 12.9. The van der Waals surface area contributed by atoms with Crippen LogP contribution in [0.15, 0.2) is 34.1 Å². The van der Waals surface area contributed by atoms with Gasteiger partial charge in [0.25, 0.3) is 0 Å². The van der Waals surface area contributed by atoms with E-state index in [4.69, 9.17) is 18.1 Å². The van der Waals surface area contributed by atoms with Gasteiger partial charge in [-0.3, -0.25) is 9.13 Å². The quantitative estimate of drug-likeness (QED) is 0.237. The first-order valence-corrected chi connectivity index (χ1v) is 14.4. The van der Waals surface area contributed by atoms with E-state index in [0.29, 0.717) is 0 Å². The first-order valence-electron chi connectivity index (χ1n) is 8.93. The SMILES string of the molecule is CCOP(=O)(OCC)C(CSc1ccc(SC)cc1)P(=O)(OCC)OCC. The van der Waals surface area contributed by atoms with Crippen molar-refractivity contribution >= 4 is 38.7 Å². The van der Waals surface area contributed by atoms with Crippen molar-refractivity contribution in [3.05, 3.63) is 24.3 Å². The van der Waals surface area contributed by atoms with Crippen LogP contribution in [0.5, 0.6) is 0 Å². The molecule has 0 saturated heterocycles. The fourth-order valence-electron chi connectivity index (χ4n) is 2.34. The molecule has 0 fully saturated rings. The van der Waals surface area contributed by atoms with E-state index in [0.717, 1.165) is 9.79 Å². The second-order valence-electron chi connectivity index (χ2n) is 5.22. The van der Waals surface area contributed by atoms with Crippen LogP contribution in [0.4, 0.5) is 0 Å². The molecule has 10 heteroatoms. The summed E-state index contributed by atoms with van der Waals surface area (Å²) in [4.78, 5) is 2.12. The highest BCUT2D eigenvalue weighted by Gasteiger charge is 2.50. The molecule has 0 atom stereocenters. The van der Waals surface area contributed by atoms with Crippen molar-refractivity contribution in [3.8, 4) is 0 Å². The Balaban J connectivity index is 3.17. The number of hydrogen-bond donors (Lipinski definition) is 0. The van der Waals surface area contributed by atoms with Crippen molar-refractivity contribution in [2.75, 3.05) is 38.4 Å². The zero-order chi connectivity index (χ0) is 20.3. The van der Waals surface area contributed by atoms with Gasteiger partial charge in [-0.15, -0.1) is 23.5 Å². The third-order valence-electron chi connectivity index (χ3n) is 3.42. The molecule has 1 rings (SSSR count). The number of hydrogen-bond acceptors (Lipinski definition) is 8. The number of thioether (sulfide) groups is 2. The molecule has 0 spiro atoms. The van der Waals surface area contributed by atoms with Gasteiger partial charge in [0.1, 0.15) is 0 Å².